The number of carbonyl (C=O) groups is 2. The van der Waals surface area contributed by atoms with Gasteiger partial charge in [-0.2, -0.15) is 0 Å². The maximum Gasteiger partial charge on any atom is 0.284 e. The summed E-state index contributed by atoms with van der Waals surface area (Å²) >= 11 is 6.15. The highest BCUT2D eigenvalue weighted by atomic mass is 35.5. The predicted molar refractivity (Wildman–Crippen MR) is 139 cm³/mol. The summed E-state index contributed by atoms with van der Waals surface area (Å²) in [6.07, 6.45) is 2.40. The van der Waals surface area contributed by atoms with Crippen molar-refractivity contribution in [3.63, 3.8) is 0 Å². The number of Topliss-reactive ketones (excluding diaryl/α,β-unsaturated/α-hetero) is 1. The number of carbonyl (C=O) groups excluding carboxylic acids is 2. The molecule has 0 fully saturated rings. The molecule has 0 bridgehead atoms. The van der Waals surface area contributed by atoms with Crippen LogP contribution in [0.25, 0.3) is 0 Å². The molecule has 3 rings (SSSR count). The normalized spacial score (nSPS) is 10.6. The maximum atomic E-state index is 13.0. The van der Waals surface area contributed by atoms with Gasteiger partial charge in [-0.3, -0.25) is 19.7 Å². The van der Waals surface area contributed by atoms with Crippen LogP contribution in [0.15, 0.2) is 72.8 Å². The zero-order valence-corrected chi connectivity index (χ0v) is 20.9. The molecule has 0 aromatic heterocycles. The lowest BCUT2D eigenvalue weighted by atomic mass is 10.1. The smallest absolute Gasteiger partial charge is 0.284 e. The van der Waals surface area contributed by atoms with E-state index in [4.69, 9.17) is 16.3 Å². The van der Waals surface area contributed by atoms with E-state index in [2.05, 4.69) is 0 Å². The van der Waals surface area contributed by atoms with Crippen molar-refractivity contribution in [3.8, 4) is 5.75 Å². The van der Waals surface area contributed by atoms with Crippen molar-refractivity contribution in [3.05, 3.63) is 105 Å². The number of halogens is 1. The Labute approximate surface area is 215 Å². The van der Waals surface area contributed by atoms with Gasteiger partial charge in [0.25, 0.3) is 5.69 Å². The first-order valence-corrected chi connectivity index (χ1v) is 12.2. The quantitative estimate of drug-likeness (QED) is 0.112. The molecule has 188 valence electrons. The molecule has 1 amide bonds. The monoisotopic (exact) mass is 508 g/mol. The fourth-order valence-corrected chi connectivity index (χ4v) is 4.12. The highest BCUT2D eigenvalue weighted by Crippen LogP contribution is 2.36. The Bertz CT molecular complexity index is 1140. The highest BCUT2D eigenvalue weighted by molar-refractivity contribution is 6.33. The Morgan fingerprint density at radius 2 is 1.47 bits per heavy atom. The van der Waals surface area contributed by atoms with Crippen molar-refractivity contribution in [2.45, 2.75) is 45.7 Å². The molecule has 0 saturated heterocycles. The largest absolute Gasteiger partial charge is 0.491 e. The number of nitro benzene ring substituents is 1. The topological polar surface area (TPSA) is 89.7 Å². The first-order valence-electron chi connectivity index (χ1n) is 11.8. The summed E-state index contributed by atoms with van der Waals surface area (Å²) in [5, 5.41) is 11.4. The Morgan fingerprint density at radius 3 is 2.00 bits per heavy atom. The van der Waals surface area contributed by atoms with Gasteiger partial charge in [-0.1, -0.05) is 72.3 Å². The van der Waals surface area contributed by atoms with E-state index in [1.807, 2.05) is 65.6 Å². The standard InChI is InChI=1S/C28H29ClN2O5/c1-21(32)27-25(31(34)35)17-16-24(29)28(27)36-18-10-4-9-15-26(33)30(19-22-11-5-2-6-12-22)20-23-13-7-3-8-14-23/h2-3,5-8,11-14,16-17H,4,9-10,15,18-20H2,1H3. The molecule has 3 aromatic carbocycles. The van der Waals surface area contributed by atoms with Gasteiger partial charge >= 0.3 is 0 Å². The molecule has 0 aliphatic heterocycles. The molecule has 3 aromatic rings. The minimum absolute atomic E-state index is 0.0336. The van der Waals surface area contributed by atoms with Crippen LogP contribution in [0.3, 0.4) is 0 Å². The van der Waals surface area contributed by atoms with E-state index in [1.165, 1.54) is 19.1 Å². The van der Waals surface area contributed by atoms with E-state index >= 15 is 0 Å². The minimum atomic E-state index is -0.623. The Kier molecular flexibility index (Phi) is 10.0. The third-order valence-electron chi connectivity index (χ3n) is 5.70. The van der Waals surface area contributed by atoms with Crippen molar-refractivity contribution in [1.82, 2.24) is 4.90 Å². The number of hydrogen-bond acceptors (Lipinski definition) is 5. The number of ketones is 1. The lowest BCUT2D eigenvalue weighted by Gasteiger charge is -2.23. The molecular formula is C28H29ClN2O5. The van der Waals surface area contributed by atoms with E-state index in [-0.39, 0.29) is 34.5 Å². The number of nitrogens with zero attached hydrogens (tertiary/aromatic N) is 2. The number of unbranched alkanes of at least 4 members (excludes halogenated alkanes) is 2. The van der Waals surface area contributed by atoms with Crippen molar-refractivity contribution in [2.75, 3.05) is 6.61 Å². The molecule has 0 aliphatic carbocycles. The summed E-state index contributed by atoms with van der Waals surface area (Å²) in [6, 6.07) is 22.4. The van der Waals surface area contributed by atoms with Crippen LogP contribution in [0.2, 0.25) is 5.02 Å². The van der Waals surface area contributed by atoms with Gasteiger partial charge in [-0.15, -0.1) is 0 Å². The molecule has 36 heavy (non-hydrogen) atoms. The summed E-state index contributed by atoms with van der Waals surface area (Å²) in [5.41, 5.74) is 1.69. The Balaban J connectivity index is 1.53. The van der Waals surface area contributed by atoms with Gasteiger partial charge in [-0.25, -0.2) is 0 Å². The number of hydrogen-bond donors (Lipinski definition) is 0. The number of nitro groups is 1. The van der Waals surface area contributed by atoms with Crippen LogP contribution in [0.4, 0.5) is 5.69 Å². The lowest BCUT2D eigenvalue weighted by Crippen LogP contribution is -2.29. The summed E-state index contributed by atoms with van der Waals surface area (Å²) in [6.45, 7) is 2.55. The van der Waals surface area contributed by atoms with Crippen LogP contribution in [0, 0.1) is 10.1 Å². The van der Waals surface area contributed by atoms with Crippen molar-refractivity contribution in [2.24, 2.45) is 0 Å². The second-order valence-corrected chi connectivity index (χ2v) is 8.87. The van der Waals surface area contributed by atoms with E-state index in [0.29, 0.717) is 32.4 Å². The fraction of sp³-hybridized carbons (Fsp3) is 0.286. The van der Waals surface area contributed by atoms with Crippen molar-refractivity contribution < 1.29 is 19.2 Å². The molecular weight excluding hydrogens is 480 g/mol. The second-order valence-electron chi connectivity index (χ2n) is 8.46. The second kappa shape index (κ2) is 13.4. The molecule has 0 aliphatic rings. The summed E-state index contributed by atoms with van der Waals surface area (Å²) in [5.74, 6) is -0.378. The van der Waals surface area contributed by atoms with Crippen LogP contribution in [0.5, 0.6) is 5.75 Å². The molecule has 0 radical (unpaired) electrons. The van der Waals surface area contributed by atoms with Crippen molar-refractivity contribution in [1.29, 1.82) is 0 Å². The third kappa shape index (κ3) is 7.65. The third-order valence-corrected chi connectivity index (χ3v) is 6.00. The van der Waals surface area contributed by atoms with Gasteiger partial charge in [0, 0.05) is 25.6 Å². The first kappa shape index (κ1) is 26.9. The van der Waals surface area contributed by atoms with E-state index in [0.717, 1.165) is 17.5 Å². The summed E-state index contributed by atoms with van der Waals surface area (Å²) in [7, 11) is 0. The van der Waals surface area contributed by atoms with Crippen LogP contribution < -0.4 is 4.74 Å². The van der Waals surface area contributed by atoms with Crippen LogP contribution >= 0.6 is 11.6 Å². The van der Waals surface area contributed by atoms with Gasteiger partial charge in [0.05, 0.1) is 16.6 Å². The lowest BCUT2D eigenvalue weighted by molar-refractivity contribution is -0.385. The number of benzene rings is 3. The Morgan fingerprint density at radius 1 is 0.889 bits per heavy atom. The first-order chi connectivity index (χ1) is 17.4. The predicted octanol–water partition coefficient (Wildman–Crippen LogP) is 6.62. The van der Waals surface area contributed by atoms with Gasteiger partial charge in [-0.05, 0) is 43.4 Å². The number of rotatable bonds is 13. The molecule has 0 atom stereocenters. The fourth-order valence-electron chi connectivity index (χ4n) is 3.91. The van der Waals surface area contributed by atoms with Gasteiger partial charge < -0.3 is 9.64 Å². The van der Waals surface area contributed by atoms with Crippen LogP contribution in [-0.2, 0) is 17.9 Å². The van der Waals surface area contributed by atoms with E-state index in [1.54, 1.807) is 0 Å². The van der Waals surface area contributed by atoms with Gasteiger partial charge in [0.15, 0.2) is 11.5 Å². The molecule has 8 heteroatoms. The zero-order chi connectivity index (χ0) is 25.9. The number of ether oxygens (including phenoxy) is 1. The SMILES string of the molecule is CC(=O)c1c([N+](=O)[O-])ccc(Cl)c1OCCCCCC(=O)N(Cc1ccccc1)Cc1ccccc1. The molecule has 0 spiro atoms. The zero-order valence-electron chi connectivity index (χ0n) is 20.2. The molecule has 0 N–H and O–H groups in total. The Hall–Kier alpha value is -3.71. The van der Waals surface area contributed by atoms with E-state index in [9.17, 15) is 19.7 Å². The minimum Gasteiger partial charge on any atom is -0.491 e. The molecule has 0 heterocycles. The molecule has 0 unspecified atom stereocenters. The average Bonchev–Trinajstić information content (AvgIpc) is 2.87. The maximum absolute atomic E-state index is 13.0. The molecule has 0 saturated carbocycles. The number of amides is 1. The summed E-state index contributed by atoms with van der Waals surface area (Å²) < 4.78 is 5.68. The van der Waals surface area contributed by atoms with Crippen molar-refractivity contribution >= 4 is 29.0 Å². The van der Waals surface area contributed by atoms with Gasteiger partial charge in [0.2, 0.25) is 5.91 Å². The highest BCUT2D eigenvalue weighted by Gasteiger charge is 2.25. The van der Waals surface area contributed by atoms with Gasteiger partial charge in [0.1, 0.15) is 5.56 Å². The average molecular weight is 509 g/mol. The summed E-state index contributed by atoms with van der Waals surface area (Å²) in [4.78, 5) is 37.6. The van der Waals surface area contributed by atoms with Crippen LogP contribution in [0.1, 0.15) is 54.1 Å². The van der Waals surface area contributed by atoms with E-state index < -0.39 is 10.7 Å². The van der Waals surface area contributed by atoms with Crippen LogP contribution in [-0.4, -0.2) is 28.1 Å². The molecule has 7 nitrogen and oxygen atoms in total.